The number of benzene rings is 3. The molecule has 0 bridgehead atoms. The summed E-state index contributed by atoms with van der Waals surface area (Å²) in [5.41, 5.74) is 2.63. The number of carbonyl (C=O) groups excluding carboxylic acids is 2. The van der Waals surface area contributed by atoms with E-state index in [0.717, 1.165) is 16.9 Å². The summed E-state index contributed by atoms with van der Waals surface area (Å²) in [6, 6.07) is 19.7. The second kappa shape index (κ2) is 16.2. The molecule has 3 aromatic carbocycles. The predicted octanol–water partition coefficient (Wildman–Crippen LogP) is 3.74. The second-order valence-corrected chi connectivity index (χ2v) is 13.2. The molecule has 2 amide bonds. The molecule has 1 heterocycles. The average Bonchev–Trinajstić information content (AvgIpc) is 3.51. The highest BCUT2D eigenvalue weighted by Crippen LogP contribution is 2.20. The molecule has 0 unspecified atom stereocenters. The van der Waals surface area contributed by atoms with Crippen LogP contribution in [-0.2, 0) is 23.0 Å². The van der Waals surface area contributed by atoms with Crippen LogP contribution in [0, 0.1) is 6.92 Å². The molecule has 12 nitrogen and oxygen atoms in total. The number of hydrogen-bond acceptors (Lipinski definition) is 9. The Kier molecular flexibility index (Phi) is 12.1. The van der Waals surface area contributed by atoms with Crippen molar-refractivity contribution >= 4 is 27.5 Å². The first-order chi connectivity index (χ1) is 22.5. The summed E-state index contributed by atoms with van der Waals surface area (Å²) in [6.07, 6.45) is 0.784. The third-order valence-electron chi connectivity index (χ3n) is 7.36. The zero-order chi connectivity index (χ0) is 34.0. The zero-order valence-corrected chi connectivity index (χ0v) is 27.6. The number of methoxy groups -OCH3 is 1. The van der Waals surface area contributed by atoms with Gasteiger partial charge in [0.2, 0.25) is 15.9 Å². The van der Waals surface area contributed by atoms with Gasteiger partial charge in [-0.1, -0.05) is 42.5 Å². The first kappa shape index (κ1) is 35.1. The molecule has 13 heteroatoms. The van der Waals surface area contributed by atoms with E-state index in [-0.39, 0.29) is 29.1 Å². The molecule has 4 aromatic rings. The molecule has 1 aromatic heterocycles. The second-order valence-electron chi connectivity index (χ2n) is 11.1. The Morgan fingerprint density at radius 2 is 1.64 bits per heavy atom. The molecule has 0 spiro atoms. The minimum absolute atomic E-state index is 0.0284. The number of aryl methyl sites for hydroxylation is 1. The smallest absolute Gasteiger partial charge is 0.252 e. The number of aliphatic hydroxyl groups is 1. The van der Waals surface area contributed by atoms with Crippen LogP contribution in [0.25, 0.3) is 0 Å². The number of aliphatic hydroxyl groups excluding tert-OH is 1. The van der Waals surface area contributed by atoms with Gasteiger partial charge in [-0.05, 0) is 68.7 Å². The van der Waals surface area contributed by atoms with Crippen molar-refractivity contribution in [3.8, 4) is 5.75 Å². The summed E-state index contributed by atoms with van der Waals surface area (Å²) in [5, 5.41) is 20.2. The first-order valence-electron chi connectivity index (χ1n) is 15.2. The Hall–Kier alpha value is -4.72. The van der Waals surface area contributed by atoms with E-state index in [1.165, 1.54) is 31.4 Å². The Morgan fingerprint density at radius 3 is 2.28 bits per heavy atom. The Bertz CT molecular complexity index is 1760. The van der Waals surface area contributed by atoms with Crippen LogP contribution in [-0.4, -0.2) is 61.9 Å². The summed E-state index contributed by atoms with van der Waals surface area (Å²) >= 11 is 0. The zero-order valence-electron chi connectivity index (χ0n) is 26.8. The van der Waals surface area contributed by atoms with Gasteiger partial charge in [0.1, 0.15) is 18.1 Å². The molecule has 0 fully saturated rings. The van der Waals surface area contributed by atoms with Crippen molar-refractivity contribution in [3.05, 3.63) is 113 Å². The molecule has 0 saturated carbocycles. The molecule has 250 valence electrons. The van der Waals surface area contributed by atoms with E-state index in [2.05, 4.69) is 25.7 Å². The van der Waals surface area contributed by atoms with Crippen LogP contribution in [0.15, 0.2) is 83.5 Å². The number of oxazole rings is 1. The lowest BCUT2D eigenvalue weighted by Crippen LogP contribution is -2.48. The number of rotatable bonds is 16. The number of aromatic nitrogens is 1. The van der Waals surface area contributed by atoms with Crippen LogP contribution in [0.5, 0.6) is 5.75 Å². The van der Waals surface area contributed by atoms with E-state index < -0.39 is 40.0 Å². The van der Waals surface area contributed by atoms with Crippen LogP contribution in [0.4, 0.5) is 5.69 Å². The topological polar surface area (TPSA) is 172 Å². The molecule has 0 aliphatic rings. The Morgan fingerprint density at radius 1 is 0.957 bits per heavy atom. The maximum absolute atomic E-state index is 13.7. The number of hydrogen-bond donors (Lipinski definition) is 5. The van der Waals surface area contributed by atoms with Crippen molar-refractivity contribution < 1.29 is 32.3 Å². The number of sulfonamides is 1. The van der Waals surface area contributed by atoms with E-state index >= 15 is 0 Å². The fourth-order valence-corrected chi connectivity index (χ4v) is 5.43. The highest BCUT2D eigenvalue weighted by Gasteiger charge is 2.24. The van der Waals surface area contributed by atoms with Gasteiger partial charge in [0.15, 0.2) is 0 Å². The maximum atomic E-state index is 13.7. The van der Waals surface area contributed by atoms with Crippen molar-refractivity contribution in [2.24, 2.45) is 0 Å². The van der Waals surface area contributed by atoms with Crippen LogP contribution < -0.4 is 25.4 Å². The normalized spacial score (nSPS) is 13.3. The van der Waals surface area contributed by atoms with Crippen LogP contribution in [0.3, 0.4) is 0 Å². The molecule has 47 heavy (non-hydrogen) atoms. The van der Waals surface area contributed by atoms with E-state index in [0.29, 0.717) is 24.6 Å². The number of amides is 2. The van der Waals surface area contributed by atoms with Gasteiger partial charge in [0.05, 0.1) is 36.4 Å². The molecule has 0 radical (unpaired) electrons. The number of nitrogens with zero attached hydrogens (tertiary/aromatic N) is 1. The van der Waals surface area contributed by atoms with Crippen LogP contribution in [0.2, 0.25) is 0 Å². The molecule has 4 rings (SSSR count). The third kappa shape index (κ3) is 10.4. The van der Waals surface area contributed by atoms with E-state index in [4.69, 9.17) is 9.15 Å². The summed E-state index contributed by atoms with van der Waals surface area (Å²) in [4.78, 5) is 31.3. The minimum Gasteiger partial charge on any atom is -0.497 e. The third-order valence-corrected chi connectivity index (χ3v) is 8.67. The van der Waals surface area contributed by atoms with Crippen molar-refractivity contribution in [1.29, 1.82) is 0 Å². The van der Waals surface area contributed by atoms with Crippen molar-refractivity contribution in [2.75, 3.05) is 24.1 Å². The van der Waals surface area contributed by atoms with Gasteiger partial charge in [-0.2, -0.15) is 0 Å². The molecule has 3 atom stereocenters. The number of nitrogens with one attached hydrogen (secondary N) is 4. The fraction of sp³-hybridized carbons (Fsp3) is 0.324. The van der Waals surface area contributed by atoms with Gasteiger partial charge in [0.25, 0.3) is 11.8 Å². The van der Waals surface area contributed by atoms with Gasteiger partial charge in [-0.15, -0.1) is 0 Å². The lowest BCUT2D eigenvalue weighted by molar-refractivity contribution is 0.0830. The number of ether oxygens (including phenoxy) is 1. The highest BCUT2D eigenvalue weighted by molar-refractivity contribution is 7.92. The summed E-state index contributed by atoms with van der Waals surface area (Å²) < 4.78 is 38.0. The summed E-state index contributed by atoms with van der Waals surface area (Å²) in [7, 11) is -2.14. The van der Waals surface area contributed by atoms with Gasteiger partial charge >= 0.3 is 0 Å². The summed E-state index contributed by atoms with van der Waals surface area (Å²) in [5.74, 6) is -0.352. The quantitative estimate of drug-likeness (QED) is 0.120. The van der Waals surface area contributed by atoms with E-state index in [1.807, 2.05) is 54.6 Å². The monoisotopic (exact) mass is 663 g/mol. The van der Waals surface area contributed by atoms with Crippen molar-refractivity contribution in [3.63, 3.8) is 0 Å². The van der Waals surface area contributed by atoms with Crippen LogP contribution in [0.1, 0.15) is 63.3 Å². The van der Waals surface area contributed by atoms with Crippen molar-refractivity contribution in [2.45, 2.75) is 51.9 Å². The lowest BCUT2D eigenvalue weighted by atomic mass is 10.00. The van der Waals surface area contributed by atoms with E-state index in [1.54, 1.807) is 21.0 Å². The van der Waals surface area contributed by atoms with E-state index in [9.17, 15) is 23.1 Å². The first-order valence-corrected chi connectivity index (χ1v) is 16.9. The van der Waals surface area contributed by atoms with Crippen LogP contribution >= 0.6 is 0 Å². The number of anilines is 1. The largest absolute Gasteiger partial charge is 0.497 e. The molecule has 0 saturated heterocycles. The fourth-order valence-electron chi connectivity index (χ4n) is 4.81. The molecular weight excluding hydrogens is 622 g/mol. The molecule has 5 N–H and O–H groups in total. The Labute approximate surface area is 275 Å². The maximum Gasteiger partial charge on any atom is 0.252 e. The minimum atomic E-state index is -3.73. The summed E-state index contributed by atoms with van der Waals surface area (Å²) in [6.45, 7) is 5.55. The van der Waals surface area contributed by atoms with Gasteiger partial charge in [0, 0.05) is 24.2 Å². The standard InChI is InChI=1S/C34H41N5O7S/c1-5-47(43,44)39-28-17-26(32(41)37-23(3)34-36-22(2)21-46-34)16-27(18-28)33(42)38-30(15-24-10-7-6-8-11-24)31(40)20-35-19-25-12-9-13-29(14-25)45-4/h6-14,16-18,21,23,30-31,35,39-40H,5,15,19-20H2,1-4H3,(H,37,41)(H,38,42)/t23-,30+,31-/m1/s1. The van der Waals surface area contributed by atoms with Crippen molar-refractivity contribution in [1.82, 2.24) is 20.9 Å². The highest BCUT2D eigenvalue weighted by atomic mass is 32.2. The number of carbonyl (C=O) groups is 2. The molecule has 0 aliphatic heterocycles. The SMILES string of the molecule is CCS(=O)(=O)Nc1cc(C(=O)N[C@@H](Cc2ccccc2)[C@H](O)CNCc2cccc(OC)c2)cc(C(=O)N[C@H](C)c2nc(C)co2)c1. The van der Waals surface area contributed by atoms with Gasteiger partial charge < -0.3 is 30.2 Å². The van der Waals surface area contributed by atoms with Gasteiger partial charge in [-0.25, -0.2) is 13.4 Å². The molecule has 0 aliphatic carbocycles. The average molecular weight is 664 g/mol. The Balaban J connectivity index is 1.56. The molecular formula is C34H41N5O7S. The predicted molar refractivity (Wildman–Crippen MR) is 179 cm³/mol. The van der Waals surface area contributed by atoms with Gasteiger partial charge in [-0.3, -0.25) is 14.3 Å². The lowest BCUT2D eigenvalue weighted by Gasteiger charge is -2.25.